The van der Waals surface area contributed by atoms with E-state index < -0.39 is 0 Å². The maximum atomic E-state index is 5.76. The number of rotatable bonds is 5. The lowest BCUT2D eigenvalue weighted by atomic mass is 10.1. The molecule has 3 aromatic rings. The molecule has 6 heteroatoms. The summed E-state index contributed by atoms with van der Waals surface area (Å²) in [6.07, 6.45) is 3.49. The van der Waals surface area contributed by atoms with E-state index in [1.165, 1.54) is 0 Å². The van der Waals surface area contributed by atoms with Crippen molar-refractivity contribution < 1.29 is 4.74 Å². The molecule has 0 amide bonds. The van der Waals surface area contributed by atoms with Crippen LogP contribution < -0.4 is 10.1 Å². The quantitative estimate of drug-likeness (QED) is 0.783. The third kappa shape index (κ3) is 3.26. The maximum Gasteiger partial charge on any atom is 0.163 e. The van der Waals surface area contributed by atoms with Gasteiger partial charge in [-0.2, -0.15) is 5.10 Å². The van der Waals surface area contributed by atoms with Gasteiger partial charge in [0.25, 0.3) is 0 Å². The molecule has 0 aliphatic heterocycles. The predicted octanol–water partition coefficient (Wildman–Crippen LogP) is 3.32. The van der Waals surface area contributed by atoms with Gasteiger partial charge in [0.05, 0.1) is 23.7 Å². The number of aromatic nitrogens is 4. The average Bonchev–Trinajstić information content (AvgIpc) is 2.90. The zero-order chi connectivity index (χ0) is 16.4. The van der Waals surface area contributed by atoms with Gasteiger partial charge in [-0.1, -0.05) is 12.1 Å². The van der Waals surface area contributed by atoms with Crippen molar-refractivity contribution in [2.75, 3.05) is 5.32 Å². The van der Waals surface area contributed by atoms with Crippen LogP contribution in [0.1, 0.15) is 32.4 Å². The number of anilines is 1. The summed E-state index contributed by atoms with van der Waals surface area (Å²) in [6.45, 7) is 6.14. The summed E-state index contributed by atoms with van der Waals surface area (Å²) in [5.41, 5.74) is 1.95. The molecule has 0 aliphatic carbocycles. The van der Waals surface area contributed by atoms with Gasteiger partial charge in [0.2, 0.25) is 0 Å². The number of aryl methyl sites for hydroxylation is 1. The topological polar surface area (TPSA) is 64.9 Å². The second-order valence-electron chi connectivity index (χ2n) is 5.83. The van der Waals surface area contributed by atoms with Crippen molar-refractivity contribution in [3.63, 3.8) is 0 Å². The molecule has 6 nitrogen and oxygen atoms in total. The first-order valence-electron chi connectivity index (χ1n) is 7.70. The Balaban J connectivity index is 1.84. The van der Waals surface area contributed by atoms with Gasteiger partial charge in [0.15, 0.2) is 5.65 Å². The smallest absolute Gasteiger partial charge is 0.163 e. The van der Waals surface area contributed by atoms with E-state index in [1.807, 2.05) is 33.0 Å². The fraction of sp³-hybridized carbons (Fsp3) is 0.353. The summed E-state index contributed by atoms with van der Waals surface area (Å²) >= 11 is 0. The summed E-state index contributed by atoms with van der Waals surface area (Å²) in [5, 5.41) is 8.59. The third-order valence-electron chi connectivity index (χ3n) is 3.61. The van der Waals surface area contributed by atoms with Crippen molar-refractivity contribution in [2.24, 2.45) is 7.05 Å². The van der Waals surface area contributed by atoms with E-state index in [2.05, 4.69) is 39.4 Å². The number of hydrogen-bond donors (Lipinski definition) is 1. The van der Waals surface area contributed by atoms with Crippen LogP contribution in [-0.4, -0.2) is 25.9 Å². The number of fused-ring (bicyclic) bond motifs is 1. The SMILES string of the molecule is CC(C)Oc1cccc([C@H](C)Nc2ncnc3c2cnn3C)c1. The molecule has 1 aromatic carbocycles. The first kappa shape index (κ1) is 15.3. The van der Waals surface area contributed by atoms with E-state index >= 15 is 0 Å². The molecular weight excluding hydrogens is 290 g/mol. The molecule has 0 aliphatic rings. The predicted molar refractivity (Wildman–Crippen MR) is 90.5 cm³/mol. The molecule has 0 fully saturated rings. The van der Waals surface area contributed by atoms with Crippen molar-refractivity contribution in [3.8, 4) is 5.75 Å². The Hall–Kier alpha value is -2.63. The van der Waals surface area contributed by atoms with Crippen LogP contribution in [-0.2, 0) is 7.05 Å². The number of ether oxygens (including phenoxy) is 1. The average molecular weight is 311 g/mol. The molecule has 1 N–H and O–H groups in total. The summed E-state index contributed by atoms with van der Waals surface area (Å²) in [5.74, 6) is 1.66. The van der Waals surface area contributed by atoms with Crippen molar-refractivity contribution in [3.05, 3.63) is 42.4 Å². The molecule has 1 atom stereocenters. The van der Waals surface area contributed by atoms with Crippen LogP contribution in [0.4, 0.5) is 5.82 Å². The first-order valence-corrected chi connectivity index (χ1v) is 7.70. The van der Waals surface area contributed by atoms with Gasteiger partial charge in [0, 0.05) is 7.05 Å². The number of nitrogens with zero attached hydrogens (tertiary/aromatic N) is 4. The van der Waals surface area contributed by atoms with Crippen LogP contribution in [0, 0.1) is 0 Å². The Bertz CT molecular complexity index is 812. The Morgan fingerprint density at radius 2 is 2.00 bits per heavy atom. The lowest BCUT2D eigenvalue weighted by Gasteiger charge is -2.17. The van der Waals surface area contributed by atoms with Gasteiger partial charge in [-0.15, -0.1) is 0 Å². The molecule has 0 saturated carbocycles. The molecule has 0 bridgehead atoms. The monoisotopic (exact) mass is 311 g/mol. The van der Waals surface area contributed by atoms with Crippen LogP contribution >= 0.6 is 0 Å². The number of hydrogen-bond acceptors (Lipinski definition) is 5. The molecule has 0 spiro atoms. The van der Waals surface area contributed by atoms with Gasteiger partial charge in [-0.25, -0.2) is 9.97 Å². The maximum absolute atomic E-state index is 5.76. The fourth-order valence-corrected chi connectivity index (χ4v) is 2.49. The highest BCUT2D eigenvalue weighted by Gasteiger charge is 2.12. The van der Waals surface area contributed by atoms with Crippen LogP contribution in [0.3, 0.4) is 0 Å². The highest BCUT2D eigenvalue weighted by atomic mass is 16.5. The van der Waals surface area contributed by atoms with Crippen LogP contribution in [0.25, 0.3) is 11.0 Å². The standard InChI is InChI=1S/C17H21N5O/c1-11(2)23-14-7-5-6-13(8-14)12(3)21-16-15-9-20-22(4)17(15)19-10-18-16/h5-12H,1-4H3,(H,18,19,21)/t12-/m0/s1. The Morgan fingerprint density at radius 1 is 1.17 bits per heavy atom. The van der Waals surface area contributed by atoms with E-state index in [0.29, 0.717) is 0 Å². The largest absolute Gasteiger partial charge is 0.491 e. The molecule has 3 rings (SSSR count). The van der Waals surface area contributed by atoms with Crippen LogP contribution in [0.5, 0.6) is 5.75 Å². The molecule has 120 valence electrons. The van der Waals surface area contributed by atoms with E-state index in [-0.39, 0.29) is 12.1 Å². The Morgan fingerprint density at radius 3 is 2.78 bits per heavy atom. The van der Waals surface area contributed by atoms with Crippen molar-refractivity contribution in [1.29, 1.82) is 0 Å². The van der Waals surface area contributed by atoms with Gasteiger partial charge in [0.1, 0.15) is 17.9 Å². The highest BCUT2D eigenvalue weighted by molar-refractivity contribution is 5.86. The second-order valence-corrected chi connectivity index (χ2v) is 5.83. The summed E-state index contributed by atoms with van der Waals surface area (Å²) < 4.78 is 7.50. The molecule has 2 aromatic heterocycles. The van der Waals surface area contributed by atoms with Gasteiger partial charge < -0.3 is 10.1 Å². The van der Waals surface area contributed by atoms with E-state index in [4.69, 9.17) is 4.74 Å². The van der Waals surface area contributed by atoms with E-state index in [0.717, 1.165) is 28.2 Å². The van der Waals surface area contributed by atoms with Gasteiger partial charge in [-0.3, -0.25) is 4.68 Å². The molecule has 2 heterocycles. The first-order chi connectivity index (χ1) is 11.0. The minimum Gasteiger partial charge on any atom is -0.491 e. The Kier molecular flexibility index (Phi) is 4.14. The number of nitrogens with one attached hydrogen (secondary N) is 1. The van der Waals surface area contributed by atoms with Crippen molar-refractivity contribution in [2.45, 2.75) is 32.9 Å². The fourth-order valence-electron chi connectivity index (χ4n) is 2.49. The van der Waals surface area contributed by atoms with Crippen LogP contribution in [0.2, 0.25) is 0 Å². The lowest BCUT2D eigenvalue weighted by Crippen LogP contribution is -2.10. The molecule has 23 heavy (non-hydrogen) atoms. The summed E-state index contributed by atoms with van der Waals surface area (Å²) in [6, 6.07) is 8.20. The molecule has 0 unspecified atom stereocenters. The normalized spacial score (nSPS) is 12.6. The zero-order valence-electron chi connectivity index (χ0n) is 13.8. The van der Waals surface area contributed by atoms with Crippen molar-refractivity contribution in [1.82, 2.24) is 19.7 Å². The number of benzene rings is 1. The van der Waals surface area contributed by atoms with E-state index in [9.17, 15) is 0 Å². The minimum absolute atomic E-state index is 0.0871. The Labute approximate surface area is 135 Å². The minimum atomic E-state index is 0.0871. The van der Waals surface area contributed by atoms with Gasteiger partial charge in [-0.05, 0) is 38.5 Å². The van der Waals surface area contributed by atoms with Gasteiger partial charge >= 0.3 is 0 Å². The molecular formula is C17H21N5O. The third-order valence-corrected chi connectivity index (χ3v) is 3.61. The van der Waals surface area contributed by atoms with E-state index in [1.54, 1.807) is 17.2 Å². The zero-order valence-corrected chi connectivity index (χ0v) is 13.8. The highest BCUT2D eigenvalue weighted by Crippen LogP contribution is 2.25. The van der Waals surface area contributed by atoms with Crippen molar-refractivity contribution >= 4 is 16.9 Å². The molecule has 0 radical (unpaired) electrons. The second kappa shape index (κ2) is 6.24. The lowest BCUT2D eigenvalue weighted by molar-refractivity contribution is 0.242. The van der Waals surface area contributed by atoms with Crippen LogP contribution in [0.15, 0.2) is 36.8 Å². The summed E-state index contributed by atoms with van der Waals surface area (Å²) in [7, 11) is 1.87. The summed E-state index contributed by atoms with van der Waals surface area (Å²) in [4.78, 5) is 8.61. The molecule has 0 saturated heterocycles.